The Kier molecular flexibility index (Phi) is 6.33. The van der Waals surface area contributed by atoms with Crippen LogP contribution in [-0.2, 0) is 21.2 Å². The van der Waals surface area contributed by atoms with Crippen LogP contribution < -0.4 is 9.62 Å². The zero-order valence-corrected chi connectivity index (χ0v) is 19.2. The molecule has 0 aromatic heterocycles. The van der Waals surface area contributed by atoms with Crippen LogP contribution in [0.5, 0.6) is 0 Å². The van der Waals surface area contributed by atoms with E-state index in [0.29, 0.717) is 5.69 Å². The number of nitrogens with zero attached hydrogens (tertiary/aromatic N) is 1. The molecule has 4 rings (SSSR count). The average Bonchev–Trinajstić information content (AvgIpc) is 2.79. The smallest absolute Gasteiger partial charge is 0.264 e. The maximum absolute atomic E-state index is 13.5. The molecule has 0 unspecified atom stereocenters. The summed E-state index contributed by atoms with van der Waals surface area (Å²) in [6.07, 6.45) is 2.84. The number of carbonyl (C=O) groups is 1. The zero-order chi connectivity index (χ0) is 22.7. The molecule has 166 valence electrons. The molecule has 0 heterocycles. The second kappa shape index (κ2) is 9.17. The Labute approximate surface area is 190 Å². The van der Waals surface area contributed by atoms with Gasteiger partial charge in [-0.1, -0.05) is 59.7 Å². The number of nitrogens with one attached hydrogen (secondary N) is 1. The van der Waals surface area contributed by atoms with E-state index in [0.717, 1.165) is 36.0 Å². The molecule has 0 bridgehead atoms. The molecule has 6 heteroatoms. The fraction of sp³-hybridized carbons (Fsp3) is 0.269. The highest BCUT2D eigenvalue weighted by Gasteiger charge is 2.29. The Balaban J connectivity index is 1.62. The SMILES string of the molecule is Cc1ccc(N(CC(=O)N[C@@H]2CCCc3ccccc32)S(=O)(=O)c2ccc(C)cc2)cc1. The van der Waals surface area contributed by atoms with Crippen LogP contribution in [0.1, 0.15) is 41.1 Å². The normalized spacial score (nSPS) is 15.6. The Hall–Kier alpha value is -3.12. The van der Waals surface area contributed by atoms with Crippen molar-refractivity contribution in [2.45, 2.75) is 44.0 Å². The number of fused-ring (bicyclic) bond motifs is 1. The van der Waals surface area contributed by atoms with Crippen LogP contribution in [0.15, 0.2) is 77.7 Å². The number of rotatable bonds is 6. The number of benzene rings is 3. The minimum absolute atomic E-state index is 0.102. The number of hydrogen-bond donors (Lipinski definition) is 1. The molecule has 3 aromatic carbocycles. The van der Waals surface area contributed by atoms with Crippen LogP contribution in [0.3, 0.4) is 0 Å². The maximum atomic E-state index is 13.5. The van der Waals surface area contributed by atoms with Crippen molar-refractivity contribution in [3.8, 4) is 0 Å². The lowest BCUT2D eigenvalue weighted by Crippen LogP contribution is -2.42. The first-order chi connectivity index (χ1) is 15.3. The van der Waals surface area contributed by atoms with Crippen molar-refractivity contribution in [3.05, 3.63) is 95.1 Å². The van der Waals surface area contributed by atoms with Crippen molar-refractivity contribution in [1.82, 2.24) is 5.32 Å². The van der Waals surface area contributed by atoms with E-state index in [2.05, 4.69) is 11.4 Å². The van der Waals surface area contributed by atoms with E-state index in [1.165, 1.54) is 9.87 Å². The Bertz CT molecular complexity index is 1200. The third-order valence-electron chi connectivity index (χ3n) is 5.92. The van der Waals surface area contributed by atoms with Crippen molar-refractivity contribution in [2.24, 2.45) is 0 Å². The van der Waals surface area contributed by atoms with Gasteiger partial charge >= 0.3 is 0 Å². The lowest BCUT2D eigenvalue weighted by Gasteiger charge is -2.29. The monoisotopic (exact) mass is 448 g/mol. The molecular weight excluding hydrogens is 420 g/mol. The van der Waals surface area contributed by atoms with E-state index in [-0.39, 0.29) is 23.4 Å². The quantitative estimate of drug-likeness (QED) is 0.595. The van der Waals surface area contributed by atoms with E-state index in [1.807, 2.05) is 44.2 Å². The first-order valence-corrected chi connectivity index (χ1v) is 12.3. The summed E-state index contributed by atoms with van der Waals surface area (Å²) in [5, 5.41) is 3.07. The molecule has 32 heavy (non-hydrogen) atoms. The summed E-state index contributed by atoms with van der Waals surface area (Å²) >= 11 is 0. The zero-order valence-electron chi connectivity index (χ0n) is 18.4. The van der Waals surface area contributed by atoms with Crippen LogP contribution in [0.2, 0.25) is 0 Å². The van der Waals surface area contributed by atoms with Gasteiger partial charge < -0.3 is 5.32 Å². The average molecular weight is 449 g/mol. The fourth-order valence-electron chi connectivity index (χ4n) is 4.14. The predicted octanol–water partition coefficient (Wildman–Crippen LogP) is 4.69. The van der Waals surface area contributed by atoms with Crippen LogP contribution >= 0.6 is 0 Å². The molecule has 1 aliphatic carbocycles. The highest BCUT2D eigenvalue weighted by molar-refractivity contribution is 7.92. The molecule has 0 saturated carbocycles. The largest absolute Gasteiger partial charge is 0.348 e. The topological polar surface area (TPSA) is 66.5 Å². The van der Waals surface area contributed by atoms with Gasteiger partial charge in [-0.3, -0.25) is 9.10 Å². The van der Waals surface area contributed by atoms with Crippen LogP contribution in [0.4, 0.5) is 5.69 Å². The standard InChI is InChI=1S/C26H28N2O3S/c1-19-10-14-22(15-11-19)28(32(30,31)23-16-12-20(2)13-17-23)18-26(29)27-25-9-5-7-21-6-3-4-8-24(21)25/h3-4,6,8,10-17,25H,5,7,9,18H2,1-2H3,(H,27,29)/t25-/m1/s1. The van der Waals surface area contributed by atoms with E-state index in [1.54, 1.807) is 36.4 Å². The summed E-state index contributed by atoms with van der Waals surface area (Å²) < 4.78 is 28.2. The minimum Gasteiger partial charge on any atom is -0.348 e. The molecule has 0 saturated heterocycles. The Morgan fingerprint density at radius 1 is 0.938 bits per heavy atom. The van der Waals surface area contributed by atoms with E-state index in [4.69, 9.17) is 0 Å². The summed E-state index contributed by atoms with van der Waals surface area (Å²) in [4.78, 5) is 13.3. The molecule has 1 aliphatic rings. The number of amides is 1. The van der Waals surface area contributed by atoms with Crippen molar-refractivity contribution in [3.63, 3.8) is 0 Å². The van der Waals surface area contributed by atoms with Gasteiger partial charge in [-0.15, -0.1) is 0 Å². The van der Waals surface area contributed by atoms with Crippen molar-refractivity contribution >= 4 is 21.6 Å². The molecule has 0 spiro atoms. The Morgan fingerprint density at radius 3 is 2.25 bits per heavy atom. The van der Waals surface area contributed by atoms with Gasteiger partial charge in [0.05, 0.1) is 16.6 Å². The van der Waals surface area contributed by atoms with E-state index < -0.39 is 10.0 Å². The molecule has 1 N–H and O–H groups in total. The third-order valence-corrected chi connectivity index (χ3v) is 7.71. The second-order valence-electron chi connectivity index (χ2n) is 8.37. The van der Waals surface area contributed by atoms with Crippen LogP contribution in [0.25, 0.3) is 0 Å². The van der Waals surface area contributed by atoms with Crippen molar-refractivity contribution < 1.29 is 13.2 Å². The minimum atomic E-state index is -3.91. The van der Waals surface area contributed by atoms with Crippen molar-refractivity contribution in [1.29, 1.82) is 0 Å². The summed E-state index contributed by atoms with van der Waals surface area (Å²) in [7, 11) is -3.91. The molecule has 5 nitrogen and oxygen atoms in total. The van der Waals surface area contributed by atoms with Gasteiger partial charge in [0, 0.05) is 0 Å². The number of aryl methyl sites for hydroxylation is 3. The fourth-order valence-corrected chi connectivity index (χ4v) is 5.56. The number of hydrogen-bond acceptors (Lipinski definition) is 3. The predicted molar refractivity (Wildman–Crippen MR) is 127 cm³/mol. The van der Waals surface area contributed by atoms with E-state index in [9.17, 15) is 13.2 Å². The van der Waals surface area contributed by atoms with Gasteiger partial charge in [-0.2, -0.15) is 0 Å². The number of sulfonamides is 1. The maximum Gasteiger partial charge on any atom is 0.264 e. The lowest BCUT2D eigenvalue weighted by molar-refractivity contribution is -0.120. The lowest BCUT2D eigenvalue weighted by atomic mass is 9.88. The van der Waals surface area contributed by atoms with Gasteiger partial charge in [0.25, 0.3) is 10.0 Å². The molecule has 0 aliphatic heterocycles. The summed E-state index contributed by atoms with van der Waals surface area (Å²) in [5.74, 6) is -0.317. The van der Waals surface area contributed by atoms with Crippen LogP contribution in [0, 0.1) is 13.8 Å². The van der Waals surface area contributed by atoms with Gasteiger partial charge in [-0.05, 0) is 68.5 Å². The molecule has 3 aromatic rings. The third kappa shape index (κ3) is 4.70. The summed E-state index contributed by atoms with van der Waals surface area (Å²) in [6.45, 7) is 3.57. The van der Waals surface area contributed by atoms with Gasteiger partial charge in [-0.25, -0.2) is 8.42 Å². The highest BCUT2D eigenvalue weighted by Crippen LogP contribution is 2.30. The number of anilines is 1. The summed E-state index contributed by atoms with van der Waals surface area (Å²) in [5.41, 5.74) is 4.82. The molecule has 1 amide bonds. The second-order valence-corrected chi connectivity index (χ2v) is 10.2. The van der Waals surface area contributed by atoms with Gasteiger partial charge in [0.1, 0.15) is 6.54 Å². The first-order valence-electron chi connectivity index (χ1n) is 10.9. The molecule has 0 fully saturated rings. The molecule has 1 atom stereocenters. The summed E-state index contributed by atoms with van der Waals surface area (Å²) in [6, 6.07) is 21.9. The Morgan fingerprint density at radius 2 is 1.56 bits per heavy atom. The van der Waals surface area contributed by atoms with Crippen molar-refractivity contribution in [2.75, 3.05) is 10.8 Å². The number of carbonyl (C=O) groups excluding carboxylic acids is 1. The highest BCUT2D eigenvalue weighted by atomic mass is 32.2. The molecule has 0 radical (unpaired) electrons. The molecular formula is C26H28N2O3S. The first kappa shape index (κ1) is 22.1. The van der Waals surface area contributed by atoms with Crippen LogP contribution in [-0.4, -0.2) is 20.9 Å². The van der Waals surface area contributed by atoms with Gasteiger partial charge in [0.2, 0.25) is 5.91 Å². The van der Waals surface area contributed by atoms with Gasteiger partial charge in [0.15, 0.2) is 0 Å². The van der Waals surface area contributed by atoms with E-state index >= 15 is 0 Å².